The van der Waals surface area contributed by atoms with Gasteiger partial charge in [-0.3, -0.25) is 4.79 Å². The molecule has 2 fully saturated rings. The average Bonchev–Trinajstić information content (AvgIpc) is 2.48. The summed E-state index contributed by atoms with van der Waals surface area (Å²) in [5.74, 6) is 0.284. The summed E-state index contributed by atoms with van der Waals surface area (Å²) < 4.78 is 5.28. The number of fused-ring (bicyclic) bond motifs is 1. The number of hydrogen-bond acceptors (Lipinski definition) is 2. The first-order valence-corrected chi connectivity index (χ1v) is 4.67. The summed E-state index contributed by atoms with van der Waals surface area (Å²) in [6.07, 6.45) is 5.22. The molecule has 0 radical (unpaired) electrons. The Hall–Kier alpha value is -0.570. The molecule has 0 spiro atoms. The van der Waals surface area contributed by atoms with Crippen molar-refractivity contribution in [1.29, 1.82) is 0 Å². The number of piperidine rings is 1. The van der Waals surface area contributed by atoms with Crippen LogP contribution in [0.15, 0.2) is 0 Å². The maximum atomic E-state index is 11.4. The normalized spacial score (nSPS) is 35.4. The number of carbonyl (C=O) groups is 1. The van der Waals surface area contributed by atoms with Crippen molar-refractivity contribution in [2.45, 2.75) is 44.4 Å². The Kier molecular flexibility index (Phi) is 2.05. The molecule has 0 aromatic carbocycles. The van der Waals surface area contributed by atoms with Gasteiger partial charge in [-0.25, -0.2) is 0 Å². The molecule has 2 atom stereocenters. The lowest BCUT2D eigenvalue weighted by molar-refractivity contribution is -0.146. The molecule has 0 aliphatic carbocycles. The highest BCUT2D eigenvalue weighted by molar-refractivity contribution is 5.79. The van der Waals surface area contributed by atoms with Gasteiger partial charge in [0.15, 0.2) is 0 Å². The fourth-order valence-corrected chi connectivity index (χ4v) is 2.34. The minimum Gasteiger partial charge on any atom is -0.362 e. The highest BCUT2D eigenvalue weighted by Crippen LogP contribution is 2.31. The molecule has 0 aromatic heterocycles. The van der Waals surface area contributed by atoms with Crippen molar-refractivity contribution in [3.63, 3.8) is 0 Å². The van der Waals surface area contributed by atoms with Crippen molar-refractivity contribution in [3.05, 3.63) is 0 Å². The number of carbonyl (C=O) groups excluding carboxylic acids is 1. The maximum absolute atomic E-state index is 11.4. The van der Waals surface area contributed by atoms with Crippen molar-refractivity contribution in [2.75, 3.05) is 7.11 Å². The Morgan fingerprint density at radius 2 is 2.25 bits per heavy atom. The van der Waals surface area contributed by atoms with Gasteiger partial charge in [-0.2, -0.15) is 0 Å². The number of amides is 1. The third kappa shape index (κ3) is 1.12. The highest BCUT2D eigenvalue weighted by Gasteiger charge is 2.38. The van der Waals surface area contributed by atoms with Crippen LogP contribution in [0, 0.1) is 0 Å². The first kappa shape index (κ1) is 8.05. The number of nitrogens with zero attached hydrogens (tertiary/aromatic N) is 1. The van der Waals surface area contributed by atoms with E-state index in [4.69, 9.17) is 4.74 Å². The largest absolute Gasteiger partial charge is 0.362 e. The van der Waals surface area contributed by atoms with Crippen LogP contribution >= 0.6 is 0 Å². The molecule has 0 N–H and O–H groups in total. The van der Waals surface area contributed by atoms with Gasteiger partial charge in [0.05, 0.1) is 0 Å². The van der Waals surface area contributed by atoms with E-state index in [2.05, 4.69) is 0 Å². The van der Waals surface area contributed by atoms with E-state index >= 15 is 0 Å². The van der Waals surface area contributed by atoms with Crippen LogP contribution in [0.3, 0.4) is 0 Å². The van der Waals surface area contributed by atoms with Crippen LogP contribution in [-0.2, 0) is 9.53 Å². The fraction of sp³-hybridized carbons (Fsp3) is 0.889. The first-order valence-electron chi connectivity index (χ1n) is 4.67. The predicted octanol–water partition coefficient (Wildman–Crippen LogP) is 1.13. The average molecular weight is 169 g/mol. The van der Waals surface area contributed by atoms with Crippen LogP contribution in [0.5, 0.6) is 0 Å². The van der Waals surface area contributed by atoms with E-state index in [1.807, 2.05) is 4.90 Å². The first-order chi connectivity index (χ1) is 5.83. The molecule has 1 amide bonds. The minimum absolute atomic E-state index is 0.0683. The summed E-state index contributed by atoms with van der Waals surface area (Å²) in [5.41, 5.74) is 0. The Morgan fingerprint density at radius 1 is 1.42 bits per heavy atom. The Balaban J connectivity index is 2.12. The van der Waals surface area contributed by atoms with Gasteiger partial charge in [0.25, 0.3) is 0 Å². The third-order valence-corrected chi connectivity index (χ3v) is 2.94. The summed E-state index contributed by atoms with van der Waals surface area (Å²) in [6.45, 7) is 0. The van der Waals surface area contributed by atoms with Crippen LogP contribution in [0.25, 0.3) is 0 Å². The standard InChI is InChI=1S/C9H15NO2/c1-12-9-4-2-3-7-5-6-8(11)10(7)9/h7,9H,2-6H2,1H3/t7-,9+/m1/s1. The molecule has 0 unspecified atom stereocenters. The zero-order chi connectivity index (χ0) is 8.55. The molecular weight excluding hydrogens is 154 g/mol. The molecule has 2 heterocycles. The van der Waals surface area contributed by atoms with Gasteiger partial charge >= 0.3 is 0 Å². The molecule has 0 aromatic rings. The molecule has 68 valence electrons. The van der Waals surface area contributed by atoms with E-state index in [1.54, 1.807) is 7.11 Å². The minimum atomic E-state index is 0.0683. The third-order valence-electron chi connectivity index (χ3n) is 2.94. The summed E-state index contributed by atoms with van der Waals surface area (Å²) in [7, 11) is 1.69. The lowest BCUT2D eigenvalue weighted by Crippen LogP contribution is -2.45. The molecule has 0 saturated carbocycles. The van der Waals surface area contributed by atoms with Gasteiger partial charge in [-0.1, -0.05) is 0 Å². The van der Waals surface area contributed by atoms with Crippen molar-refractivity contribution in [3.8, 4) is 0 Å². The van der Waals surface area contributed by atoms with E-state index in [1.165, 1.54) is 12.8 Å². The van der Waals surface area contributed by atoms with Gasteiger partial charge in [-0.05, 0) is 25.7 Å². The second-order valence-corrected chi connectivity index (χ2v) is 3.61. The topological polar surface area (TPSA) is 29.5 Å². The Morgan fingerprint density at radius 3 is 3.00 bits per heavy atom. The van der Waals surface area contributed by atoms with Gasteiger partial charge in [0, 0.05) is 19.6 Å². The molecule has 3 heteroatoms. The van der Waals surface area contributed by atoms with Crippen molar-refractivity contribution >= 4 is 5.91 Å². The maximum Gasteiger partial charge on any atom is 0.224 e. The van der Waals surface area contributed by atoms with E-state index < -0.39 is 0 Å². The SMILES string of the molecule is CO[C@H]1CCC[C@@H]2CCC(=O)N21. The van der Waals surface area contributed by atoms with Crippen molar-refractivity contribution in [1.82, 2.24) is 4.90 Å². The number of rotatable bonds is 1. The molecule has 2 aliphatic rings. The highest BCUT2D eigenvalue weighted by atomic mass is 16.5. The smallest absolute Gasteiger partial charge is 0.224 e. The van der Waals surface area contributed by atoms with Crippen molar-refractivity contribution < 1.29 is 9.53 Å². The Bertz CT molecular complexity index is 193. The Labute approximate surface area is 72.7 Å². The van der Waals surface area contributed by atoms with Gasteiger partial charge in [0.2, 0.25) is 5.91 Å². The zero-order valence-electron chi connectivity index (χ0n) is 7.45. The van der Waals surface area contributed by atoms with Crippen LogP contribution in [0.1, 0.15) is 32.1 Å². The lowest BCUT2D eigenvalue weighted by Gasteiger charge is -2.36. The second kappa shape index (κ2) is 3.05. The van der Waals surface area contributed by atoms with E-state index in [9.17, 15) is 4.79 Å². The van der Waals surface area contributed by atoms with Crippen LogP contribution in [0.4, 0.5) is 0 Å². The molecule has 12 heavy (non-hydrogen) atoms. The quantitative estimate of drug-likeness (QED) is 0.589. The molecule has 0 bridgehead atoms. The summed E-state index contributed by atoms with van der Waals surface area (Å²) in [5, 5.41) is 0. The molecule has 2 rings (SSSR count). The van der Waals surface area contributed by atoms with Crippen LogP contribution < -0.4 is 0 Å². The summed E-state index contributed by atoms with van der Waals surface area (Å²) in [4.78, 5) is 13.4. The van der Waals surface area contributed by atoms with E-state index in [-0.39, 0.29) is 12.1 Å². The summed E-state index contributed by atoms with van der Waals surface area (Å²) >= 11 is 0. The molecular formula is C9H15NO2. The number of ether oxygens (including phenoxy) is 1. The lowest BCUT2D eigenvalue weighted by atomic mass is 10.0. The van der Waals surface area contributed by atoms with Gasteiger partial charge < -0.3 is 9.64 Å². The fourth-order valence-electron chi connectivity index (χ4n) is 2.34. The van der Waals surface area contributed by atoms with Crippen LogP contribution in [-0.4, -0.2) is 30.2 Å². The molecule has 3 nitrogen and oxygen atoms in total. The summed E-state index contributed by atoms with van der Waals surface area (Å²) in [6, 6.07) is 0.483. The zero-order valence-corrected chi connectivity index (χ0v) is 7.45. The monoisotopic (exact) mass is 169 g/mol. The van der Waals surface area contributed by atoms with Crippen LogP contribution in [0.2, 0.25) is 0 Å². The predicted molar refractivity (Wildman–Crippen MR) is 44.5 cm³/mol. The second-order valence-electron chi connectivity index (χ2n) is 3.61. The van der Waals surface area contributed by atoms with E-state index in [0.717, 1.165) is 19.3 Å². The number of hydrogen-bond donors (Lipinski definition) is 0. The van der Waals surface area contributed by atoms with Gasteiger partial charge in [0.1, 0.15) is 6.23 Å². The molecule has 2 saturated heterocycles. The number of methoxy groups -OCH3 is 1. The molecule has 2 aliphatic heterocycles. The van der Waals surface area contributed by atoms with Crippen molar-refractivity contribution in [2.24, 2.45) is 0 Å². The van der Waals surface area contributed by atoms with E-state index in [0.29, 0.717) is 6.04 Å². The van der Waals surface area contributed by atoms with Gasteiger partial charge in [-0.15, -0.1) is 0 Å².